The Labute approximate surface area is 148 Å². The van der Waals surface area contributed by atoms with Gasteiger partial charge in [-0.25, -0.2) is 4.99 Å². The van der Waals surface area contributed by atoms with Crippen LogP contribution in [0.15, 0.2) is 23.2 Å². The number of nitrogens with one attached hydrogen (secondary N) is 1. The first-order valence-corrected chi connectivity index (χ1v) is 8.71. The van der Waals surface area contributed by atoms with Gasteiger partial charge >= 0.3 is 0 Å². The Morgan fingerprint density at radius 3 is 3.00 bits per heavy atom. The number of carbonyl (C=O) groups is 1. The van der Waals surface area contributed by atoms with Gasteiger partial charge in [-0.3, -0.25) is 4.79 Å². The predicted octanol–water partition coefficient (Wildman–Crippen LogP) is 1.45. The van der Waals surface area contributed by atoms with E-state index >= 15 is 0 Å². The number of ether oxygens (including phenoxy) is 1. The lowest BCUT2D eigenvalue weighted by molar-refractivity contribution is -0.119. The molecule has 7 nitrogen and oxygen atoms in total. The van der Waals surface area contributed by atoms with E-state index in [0.717, 1.165) is 38.4 Å². The van der Waals surface area contributed by atoms with E-state index in [1.165, 1.54) is 0 Å². The quantitative estimate of drug-likeness (QED) is 0.534. The zero-order valence-corrected chi connectivity index (χ0v) is 15.0. The van der Waals surface area contributed by atoms with Gasteiger partial charge in [0.25, 0.3) is 0 Å². The number of hydrogen-bond acceptors (Lipinski definition) is 4. The fourth-order valence-electron chi connectivity index (χ4n) is 3.11. The maximum absolute atomic E-state index is 11.2. The van der Waals surface area contributed by atoms with Gasteiger partial charge < -0.3 is 25.8 Å². The molecular formula is C18H28N4O3. The van der Waals surface area contributed by atoms with Crippen LogP contribution in [-0.4, -0.2) is 48.6 Å². The molecule has 0 aliphatic carbocycles. The van der Waals surface area contributed by atoms with Gasteiger partial charge in [0, 0.05) is 31.6 Å². The van der Waals surface area contributed by atoms with Crippen LogP contribution in [0.4, 0.5) is 0 Å². The number of nitrogens with zero attached hydrogens (tertiary/aromatic N) is 2. The Kier molecular flexibility index (Phi) is 6.91. The van der Waals surface area contributed by atoms with E-state index in [2.05, 4.69) is 15.2 Å². The molecule has 1 aliphatic heterocycles. The molecule has 138 valence electrons. The number of amides is 1. The summed E-state index contributed by atoms with van der Waals surface area (Å²) in [4.78, 5) is 18.0. The highest BCUT2D eigenvalue weighted by atomic mass is 16.5. The van der Waals surface area contributed by atoms with E-state index in [0.29, 0.717) is 24.3 Å². The monoisotopic (exact) mass is 348 g/mol. The molecule has 1 aromatic carbocycles. The molecule has 1 aromatic rings. The second-order valence-electron chi connectivity index (χ2n) is 6.29. The molecule has 4 N–H and O–H groups in total. The van der Waals surface area contributed by atoms with E-state index in [1.807, 2.05) is 6.92 Å². The lowest BCUT2D eigenvalue weighted by Gasteiger charge is -2.34. The molecule has 0 bridgehead atoms. The molecule has 2 rings (SSSR count). The van der Waals surface area contributed by atoms with Crippen LogP contribution in [0.5, 0.6) is 11.5 Å². The summed E-state index contributed by atoms with van der Waals surface area (Å²) in [7, 11) is 1.59. The number of carbonyl (C=O) groups excluding carboxylic acids is 1. The molecule has 1 unspecified atom stereocenters. The van der Waals surface area contributed by atoms with Crippen LogP contribution in [0.1, 0.15) is 31.7 Å². The highest BCUT2D eigenvalue weighted by Crippen LogP contribution is 2.24. The molecule has 7 heteroatoms. The van der Waals surface area contributed by atoms with Crippen molar-refractivity contribution in [3.63, 3.8) is 0 Å². The van der Waals surface area contributed by atoms with Crippen LogP contribution >= 0.6 is 0 Å². The molecule has 0 spiro atoms. The smallest absolute Gasteiger partial charge is 0.217 e. The van der Waals surface area contributed by atoms with Gasteiger partial charge in [0.05, 0.1) is 13.7 Å². The number of phenols is 1. The first-order chi connectivity index (χ1) is 12.0. The summed E-state index contributed by atoms with van der Waals surface area (Å²) in [5.74, 6) is 1.69. The number of likely N-dealkylation sites (tertiary alicyclic amines) is 1. The summed E-state index contributed by atoms with van der Waals surface area (Å²) in [5.41, 5.74) is 6.05. The average Bonchev–Trinajstić information content (AvgIpc) is 2.59. The Morgan fingerprint density at radius 1 is 1.52 bits per heavy atom. The van der Waals surface area contributed by atoms with E-state index in [-0.39, 0.29) is 17.6 Å². The molecule has 25 heavy (non-hydrogen) atoms. The summed E-state index contributed by atoms with van der Waals surface area (Å²) < 4.78 is 5.20. The van der Waals surface area contributed by atoms with Crippen molar-refractivity contribution in [1.82, 2.24) is 10.2 Å². The molecule has 0 saturated carbocycles. The molecule has 1 heterocycles. The Morgan fingerprint density at radius 2 is 2.32 bits per heavy atom. The molecule has 0 aromatic heterocycles. The zero-order valence-electron chi connectivity index (χ0n) is 15.0. The van der Waals surface area contributed by atoms with Crippen LogP contribution in [0.2, 0.25) is 0 Å². The van der Waals surface area contributed by atoms with E-state index in [4.69, 9.17) is 10.5 Å². The number of guanidine groups is 1. The second kappa shape index (κ2) is 9.15. The standard InChI is InChI=1S/C18H28N4O3/c1-3-20-18(22-8-4-5-13(12-22)9-17(19)24)21-11-14-10-15(25-2)6-7-16(14)23/h6-7,10,13,23H,3-5,8-9,11-12H2,1-2H3,(H2,19,24)(H,20,21). The lowest BCUT2D eigenvalue weighted by atomic mass is 9.95. The Bertz CT molecular complexity index is 618. The largest absolute Gasteiger partial charge is 0.508 e. The van der Waals surface area contributed by atoms with Crippen LogP contribution in [0.25, 0.3) is 0 Å². The summed E-state index contributed by atoms with van der Waals surface area (Å²) >= 11 is 0. The first kappa shape index (κ1) is 18.9. The van der Waals surface area contributed by atoms with Crippen molar-refractivity contribution in [2.75, 3.05) is 26.7 Å². The Balaban J connectivity index is 2.11. The number of phenolic OH excluding ortho intramolecular Hbond substituents is 1. The molecule has 1 fully saturated rings. The van der Waals surface area contributed by atoms with Gasteiger partial charge in [-0.05, 0) is 43.9 Å². The van der Waals surface area contributed by atoms with Gasteiger partial charge in [0.1, 0.15) is 11.5 Å². The minimum Gasteiger partial charge on any atom is -0.508 e. The van der Waals surface area contributed by atoms with Crippen molar-refractivity contribution in [2.24, 2.45) is 16.6 Å². The van der Waals surface area contributed by atoms with Crippen LogP contribution < -0.4 is 15.8 Å². The zero-order chi connectivity index (χ0) is 18.2. The summed E-state index contributed by atoms with van der Waals surface area (Å²) in [6.45, 7) is 4.77. The third kappa shape index (κ3) is 5.55. The SMILES string of the molecule is CCNC(=NCc1cc(OC)ccc1O)N1CCCC(CC(N)=O)C1. The summed E-state index contributed by atoms with van der Waals surface area (Å²) in [6.07, 6.45) is 2.43. The number of piperidine rings is 1. The maximum Gasteiger partial charge on any atom is 0.217 e. The number of hydrogen-bond donors (Lipinski definition) is 3. The van der Waals surface area contributed by atoms with Gasteiger partial charge in [-0.2, -0.15) is 0 Å². The van der Waals surface area contributed by atoms with Crippen molar-refractivity contribution in [2.45, 2.75) is 32.7 Å². The average molecular weight is 348 g/mol. The van der Waals surface area contributed by atoms with Crippen molar-refractivity contribution < 1.29 is 14.6 Å². The summed E-state index contributed by atoms with van der Waals surface area (Å²) in [5, 5.41) is 13.3. The minimum absolute atomic E-state index is 0.200. The van der Waals surface area contributed by atoms with Crippen LogP contribution in [0.3, 0.4) is 0 Å². The van der Waals surface area contributed by atoms with Crippen molar-refractivity contribution in [1.29, 1.82) is 0 Å². The topological polar surface area (TPSA) is 100 Å². The van der Waals surface area contributed by atoms with Crippen molar-refractivity contribution >= 4 is 11.9 Å². The molecule has 1 aliphatic rings. The highest BCUT2D eigenvalue weighted by molar-refractivity contribution is 5.80. The molecule has 1 atom stereocenters. The molecule has 0 radical (unpaired) electrons. The van der Waals surface area contributed by atoms with Crippen LogP contribution in [-0.2, 0) is 11.3 Å². The number of aromatic hydroxyl groups is 1. The first-order valence-electron chi connectivity index (χ1n) is 8.71. The third-order valence-electron chi connectivity index (χ3n) is 4.33. The fraction of sp³-hybridized carbons (Fsp3) is 0.556. The summed E-state index contributed by atoms with van der Waals surface area (Å²) in [6, 6.07) is 5.11. The van der Waals surface area contributed by atoms with E-state index < -0.39 is 0 Å². The second-order valence-corrected chi connectivity index (χ2v) is 6.29. The Hall–Kier alpha value is -2.44. The van der Waals surface area contributed by atoms with E-state index in [1.54, 1.807) is 25.3 Å². The number of methoxy groups -OCH3 is 1. The predicted molar refractivity (Wildman–Crippen MR) is 97.6 cm³/mol. The minimum atomic E-state index is -0.255. The maximum atomic E-state index is 11.2. The van der Waals surface area contributed by atoms with Gasteiger partial charge in [-0.15, -0.1) is 0 Å². The van der Waals surface area contributed by atoms with E-state index in [9.17, 15) is 9.90 Å². The third-order valence-corrected chi connectivity index (χ3v) is 4.33. The van der Waals surface area contributed by atoms with Gasteiger partial charge in [0.15, 0.2) is 5.96 Å². The molecule has 1 saturated heterocycles. The number of aliphatic imine (C=N–C) groups is 1. The highest BCUT2D eigenvalue weighted by Gasteiger charge is 2.23. The number of rotatable bonds is 6. The van der Waals surface area contributed by atoms with Crippen molar-refractivity contribution in [3.8, 4) is 11.5 Å². The van der Waals surface area contributed by atoms with Gasteiger partial charge in [0.2, 0.25) is 5.91 Å². The fourth-order valence-corrected chi connectivity index (χ4v) is 3.11. The number of primary amides is 1. The van der Waals surface area contributed by atoms with Crippen LogP contribution in [0, 0.1) is 5.92 Å². The van der Waals surface area contributed by atoms with Crippen molar-refractivity contribution in [3.05, 3.63) is 23.8 Å². The normalized spacial score (nSPS) is 18.1. The lowest BCUT2D eigenvalue weighted by Crippen LogP contribution is -2.47. The molecule has 1 amide bonds. The number of benzene rings is 1. The number of nitrogens with two attached hydrogens (primary N) is 1. The molecular weight excluding hydrogens is 320 g/mol. The van der Waals surface area contributed by atoms with Gasteiger partial charge in [-0.1, -0.05) is 0 Å².